The van der Waals surface area contributed by atoms with Crippen LogP contribution < -0.4 is 5.32 Å². The maximum atomic E-state index is 12.0. The van der Waals surface area contributed by atoms with Crippen LogP contribution in [0, 0.1) is 0 Å². The summed E-state index contributed by atoms with van der Waals surface area (Å²) in [5, 5.41) is 14.1. The summed E-state index contributed by atoms with van der Waals surface area (Å²) in [5.74, 6) is -1.11. The number of halogens is 1. The lowest BCUT2D eigenvalue weighted by Crippen LogP contribution is -2.14. The smallest absolute Gasteiger partial charge is 0.412 e. The van der Waals surface area contributed by atoms with E-state index in [1.807, 2.05) is 54.6 Å². The zero-order valence-corrected chi connectivity index (χ0v) is 15.8. The molecule has 3 aromatic rings. The highest BCUT2D eigenvalue weighted by molar-refractivity contribution is 9.10. The molecule has 0 aliphatic rings. The number of ether oxygens (including phenoxy) is 1. The fraction of sp³-hybridized carbons (Fsp3) is 0.0526. The number of nitrogens with one attached hydrogen (secondary N) is 1. The first kappa shape index (κ1) is 18.2. The zero-order valence-electron chi connectivity index (χ0n) is 13.4. The summed E-state index contributed by atoms with van der Waals surface area (Å²) in [5.41, 5.74) is 2.21. The van der Waals surface area contributed by atoms with Gasteiger partial charge in [-0.1, -0.05) is 58.4 Å². The number of carboxylic acid groups (broad SMARTS) is 1. The van der Waals surface area contributed by atoms with E-state index in [0.717, 1.165) is 26.9 Å². The van der Waals surface area contributed by atoms with Crippen molar-refractivity contribution in [2.24, 2.45) is 0 Å². The highest BCUT2D eigenvalue weighted by Gasteiger charge is 2.21. The van der Waals surface area contributed by atoms with E-state index >= 15 is 0 Å². The van der Waals surface area contributed by atoms with Gasteiger partial charge in [-0.05, 0) is 23.3 Å². The molecule has 0 unspecified atom stereocenters. The molecule has 0 radical (unpaired) electrons. The monoisotopic (exact) mass is 431 g/mol. The van der Waals surface area contributed by atoms with Crippen LogP contribution in [0.1, 0.15) is 15.9 Å². The first-order chi connectivity index (χ1) is 12.5. The average Bonchev–Trinajstić information content (AvgIpc) is 3.05. The summed E-state index contributed by atoms with van der Waals surface area (Å²) in [6, 6.07) is 16.6. The molecular weight excluding hydrogens is 418 g/mol. The van der Waals surface area contributed by atoms with Gasteiger partial charge in [-0.3, -0.25) is 5.32 Å². The van der Waals surface area contributed by atoms with E-state index in [1.54, 1.807) is 5.38 Å². The first-order valence-electron chi connectivity index (χ1n) is 7.63. The number of amides is 1. The Balaban J connectivity index is 1.76. The molecule has 26 heavy (non-hydrogen) atoms. The Morgan fingerprint density at radius 2 is 1.77 bits per heavy atom. The lowest BCUT2D eigenvalue weighted by atomic mass is 10.0. The van der Waals surface area contributed by atoms with E-state index in [-0.39, 0.29) is 17.2 Å². The molecule has 0 fully saturated rings. The number of carboxylic acids is 1. The fourth-order valence-electron chi connectivity index (χ4n) is 2.36. The second-order valence-electron chi connectivity index (χ2n) is 5.35. The maximum absolute atomic E-state index is 12.0. The van der Waals surface area contributed by atoms with E-state index in [9.17, 15) is 14.7 Å². The molecule has 2 aromatic carbocycles. The van der Waals surface area contributed by atoms with Crippen molar-refractivity contribution in [3.8, 4) is 11.1 Å². The molecule has 1 aromatic heterocycles. The van der Waals surface area contributed by atoms with Crippen molar-refractivity contribution in [1.29, 1.82) is 0 Å². The van der Waals surface area contributed by atoms with Crippen molar-refractivity contribution in [2.45, 2.75) is 6.61 Å². The Kier molecular flexibility index (Phi) is 5.70. The molecule has 2 N–H and O–H groups in total. The van der Waals surface area contributed by atoms with Gasteiger partial charge in [0, 0.05) is 15.4 Å². The fourth-order valence-corrected chi connectivity index (χ4v) is 3.57. The number of carbonyl (C=O) groups excluding carboxylic acids is 1. The van der Waals surface area contributed by atoms with Gasteiger partial charge in [-0.15, -0.1) is 11.3 Å². The van der Waals surface area contributed by atoms with E-state index < -0.39 is 12.1 Å². The van der Waals surface area contributed by atoms with Crippen LogP contribution in [0.5, 0.6) is 0 Å². The number of aromatic carboxylic acids is 1. The number of carbonyl (C=O) groups is 2. The lowest BCUT2D eigenvalue weighted by Gasteiger charge is -2.07. The Labute approximate surface area is 162 Å². The van der Waals surface area contributed by atoms with Crippen molar-refractivity contribution in [3.63, 3.8) is 0 Å². The molecule has 0 saturated carbocycles. The Bertz CT molecular complexity index is 922. The van der Waals surface area contributed by atoms with E-state index in [0.29, 0.717) is 5.56 Å². The van der Waals surface area contributed by atoms with Crippen LogP contribution in [0.25, 0.3) is 11.1 Å². The van der Waals surface area contributed by atoms with Gasteiger partial charge in [0.25, 0.3) is 0 Å². The molecule has 5 nitrogen and oxygen atoms in total. The van der Waals surface area contributed by atoms with Crippen molar-refractivity contribution in [1.82, 2.24) is 0 Å². The number of hydrogen-bond acceptors (Lipinski definition) is 4. The summed E-state index contributed by atoms with van der Waals surface area (Å²) < 4.78 is 6.05. The molecule has 0 atom stereocenters. The first-order valence-corrected chi connectivity index (χ1v) is 9.30. The van der Waals surface area contributed by atoms with Crippen LogP contribution in [0.2, 0.25) is 0 Å². The largest absolute Gasteiger partial charge is 0.478 e. The lowest BCUT2D eigenvalue weighted by molar-refractivity contribution is 0.0699. The standard InChI is InChI=1S/C19H14BrNO4S/c20-14-8-6-13(7-9-14)15-11-26-17(16(15)18(22)23)21-19(24)25-10-12-4-2-1-3-5-12/h1-9,11H,10H2,(H,21,24)(H,22,23). The van der Waals surface area contributed by atoms with Crippen molar-refractivity contribution < 1.29 is 19.4 Å². The van der Waals surface area contributed by atoms with Gasteiger partial charge in [0.05, 0.1) is 0 Å². The number of anilines is 1. The Morgan fingerprint density at radius 3 is 2.42 bits per heavy atom. The highest BCUT2D eigenvalue weighted by Crippen LogP contribution is 2.36. The molecular formula is C19H14BrNO4S. The van der Waals surface area contributed by atoms with Crippen molar-refractivity contribution >= 4 is 44.3 Å². The predicted molar refractivity (Wildman–Crippen MR) is 105 cm³/mol. The third-order valence-corrected chi connectivity index (χ3v) is 5.01. The number of thiophene rings is 1. The van der Waals surface area contributed by atoms with Crippen LogP contribution in [0.15, 0.2) is 64.5 Å². The van der Waals surface area contributed by atoms with Crippen molar-refractivity contribution in [3.05, 3.63) is 75.6 Å². The van der Waals surface area contributed by atoms with Gasteiger partial charge in [0.15, 0.2) is 0 Å². The van der Waals surface area contributed by atoms with E-state index in [4.69, 9.17) is 4.74 Å². The Hall–Kier alpha value is -2.64. The average molecular weight is 432 g/mol. The minimum Gasteiger partial charge on any atom is -0.478 e. The van der Waals surface area contributed by atoms with Gasteiger partial charge in [0.2, 0.25) is 0 Å². The molecule has 0 spiro atoms. The predicted octanol–water partition coefficient (Wildman–Crippen LogP) is 5.62. The SMILES string of the molecule is O=C(Nc1scc(-c2ccc(Br)cc2)c1C(=O)O)OCc1ccccc1. The van der Waals surface area contributed by atoms with Crippen LogP contribution in [0.4, 0.5) is 9.80 Å². The Morgan fingerprint density at radius 1 is 1.08 bits per heavy atom. The minimum atomic E-state index is -1.11. The summed E-state index contributed by atoms with van der Waals surface area (Å²) in [7, 11) is 0. The molecule has 0 bridgehead atoms. The molecule has 1 amide bonds. The van der Waals surface area contributed by atoms with Gasteiger partial charge >= 0.3 is 12.1 Å². The third kappa shape index (κ3) is 4.30. The highest BCUT2D eigenvalue weighted by atomic mass is 79.9. The normalized spacial score (nSPS) is 10.3. The summed E-state index contributed by atoms with van der Waals surface area (Å²) in [4.78, 5) is 23.7. The van der Waals surface area contributed by atoms with Gasteiger partial charge < -0.3 is 9.84 Å². The molecule has 7 heteroatoms. The number of rotatable bonds is 5. The summed E-state index contributed by atoms with van der Waals surface area (Å²) in [6.07, 6.45) is -0.694. The van der Waals surface area contributed by atoms with Gasteiger partial charge in [-0.2, -0.15) is 0 Å². The quantitative estimate of drug-likeness (QED) is 0.549. The van der Waals surface area contributed by atoms with Crippen LogP contribution in [-0.4, -0.2) is 17.2 Å². The van der Waals surface area contributed by atoms with Crippen LogP contribution >= 0.6 is 27.3 Å². The molecule has 3 rings (SSSR count). The number of benzene rings is 2. The van der Waals surface area contributed by atoms with Crippen LogP contribution in [0.3, 0.4) is 0 Å². The maximum Gasteiger partial charge on any atom is 0.412 e. The molecule has 0 saturated heterocycles. The molecule has 1 heterocycles. The molecule has 0 aliphatic carbocycles. The second-order valence-corrected chi connectivity index (χ2v) is 7.15. The summed E-state index contributed by atoms with van der Waals surface area (Å²) in [6.45, 7) is 0.111. The molecule has 132 valence electrons. The topological polar surface area (TPSA) is 75.6 Å². The molecule has 0 aliphatic heterocycles. The van der Waals surface area contributed by atoms with Gasteiger partial charge in [-0.25, -0.2) is 9.59 Å². The minimum absolute atomic E-state index is 0.0500. The van der Waals surface area contributed by atoms with Crippen LogP contribution in [-0.2, 0) is 11.3 Å². The zero-order chi connectivity index (χ0) is 18.5. The number of hydrogen-bond donors (Lipinski definition) is 2. The second kappa shape index (κ2) is 8.16. The third-order valence-electron chi connectivity index (χ3n) is 3.59. The summed E-state index contributed by atoms with van der Waals surface area (Å²) >= 11 is 4.50. The van der Waals surface area contributed by atoms with E-state index in [2.05, 4.69) is 21.2 Å². The van der Waals surface area contributed by atoms with Crippen molar-refractivity contribution in [2.75, 3.05) is 5.32 Å². The van der Waals surface area contributed by atoms with Gasteiger partial charge in [0.1, 0.15) is 17.2 Å². The van der Waals surface area contributed by atoms with E-state index in [1.165, 1.54) is 0 Å².